The maximum atomic E-state index is 5.47. The number of rotatable bonds is 5. The van der Waals surface area contributed by atoms with Crippen LogP contribution in [0.4, 0.5) is 0 Å². The fourth-order valence-corrected chi connectivity index (χ4v) is 3.03. The van der Waals surface area contributed by atoms with Crippen LogP contribution >= 0.6 is 0 Å². The van der Waals surface area contributed by atoms with E-state index in [4.69, 9.17) is 6.42 Å². The summed E-state index contributed by atoms with van der Waals surface area (Å²) in [5.41, 5.74) is 0. The maximum absolute atomic E-state index is 5.47. The lowest BCUT2D eigenvalue weighted by Gasteiger charge is -2.35. The van der Waals surface area contributed by atoms with E-state index in [2.05, 4.69) is 18.2 Å². The van der Waals surface area contributed by atoms with Crippen LogP contribution in [0.1, 0.15) is 45.4 Å². The molecule has 1 aliphatic rings. The third-order valence-corrected chi connectivity index (χ3v) is 3.79. The van der Waals surface area contributed by atoms with Crippen molar-refractivity contribution in [2.75, 3.05) is 13.6 Å². The summed E-state index contributed by atoms with van der Waals surface area (Å²) < 4.78 is 0. The molecule has 0 aromatic carbocycles. The van der Waals surface area contributed by atoms with Crippen molar-refractivity contribution >= 4 is 0 Å². The van der Waals surface area contributed by atoms with E-state index in [1.807, 2.05) is 7.05 Å². The van der Waals surface area contributed by atoms with Gasteiger partial charge in [-0.2, -0.15) is 0 Å². The van der Waals surface area contributed by atoms with Crippen molar-refractivity contribution < 1.29 is 0 Å². The largest absolute Gasteiger partial charge is 0.319 e. The van der Waals surface area contributed by atoms with Crippen molar-refractivity contribution in [1.82, 2.24) is 5.32 Å². The molecule has 0 amide bonds. The molecule has 1 rings (SSSR count). The first kappa shape index (κ1) is 12.6. The van der Waals surface area contributed by atoms with Crippen molar-refractivity contribution in [3.63, 3.8) is 0 Å². The molecule has 1 N–H and O–H groups in total. The van der Waals surface area contributed by atoms with Gasteiger partial charge < -0.3 is 5.32 Å². The van der Waals surface area contributed by atoms with E-state index < -0.39 is 0 Å². The highest BCUT2D eigenvalue weighted by atomic mass is 14.8. The molecule has 1 fully saturated rings. The average Bonchev–Trinajstić information content (AvgIpc) is 2.23. The van der Waals surface area contributed by atoms with Gasteiger partial charge in [0.05, 0.1) is 0 Å². The molecule has 0 aromatic heterocycles. The third kappa shape index (κ3) is 3.87. The van der Waals surface area contributed by atoms with E-state index in [1.54, 1.807) is 0 Å². The van der Waals surface area contributed by atoms with Gasteiger partial charge in [-0.3, -0.25) is 0 Å². The van der Waals surface area contributed by atoms with Gasteiger partial charge in [-0.15, -0.1) is 12.3 Å². The summed E-state index contributed by atoms with van der Waals surface area (Å²) >= 11 is 0. The van der Waals surface area contributed by atoms with Crippen LogP contribution in [0.2, 0.25) is 0 Å². The second kappa shape index (κ2) is 6.90. The van der Waals surface area contributed by atoms with Crippen LogP contribution in [0.3, 0.4) is 0 Å². The highest BCUT2D eigenvalue weighted by molar-refractivity contribution is 4.92. The Labute approximate surface area is 95.0 Å². The van der Waals surface area contributed by atoms with Gasteiger partial charge in [-0.25, -0.2) is 0 Å². The van der Waals surface area contributed by atoms with E-state index in [1.165, 1.54) is 32.1 Å². The molecule has 0 aliphatic heterocycles. The molecular weight excluding hydrogens is 182 g/mol. The number of hydrogen-bond donors (Lipinski definition) is 1. The summed E-state index contributed by atoms with van der Waals surface area (Å²) in [7, 11) is 2.05. The Morgan fingerprint density at radius 3 is 2.73 bits per heavy atom. The highest BCUT2D eigenvalue weighted by Crippen LogP contribution is 2.37. The lowest BCUT2D eigenvalue weighted by Crippen LogP contribution is -2.31. The zero-order valence-electron chi connectivity index (χ0n) is 10.3. The molecule has 3 unspecified atom stereocenters. The second-order valence-electron chi connectivity index (χ2n) is 4.95. The molecule has 1 aliphatic carbocycles. The predicted octanol–water partition coefficient (Wildman–Crippen LogP) is 3.06. The monoisotopic (exact) mass is 207 g/mol. The summed E-state index contributed by atoms with van der Waals surface area (Å²) in [6, 6.07) is 0. The van der Waals surface area contributed by atoms with Gasteiger partial charge in [-0.05, 0) is 44.2 Å². The van der Waals surface area contributed by atoms with Crippen molar-refractivity contribution in [2.45, 2.75) is 45.4 Å². The standard InChI is InChI=1S/C14H25N/c1-4-6-12-8-9-14(11-15-3)13(10-12)7-5-2/h2,12-15H,4,6-11H2,1,3H3. The molecule has 0 spiro atoms. The van der Waals surface area contributed by atoms with Gasteiger partial charge in [0.2, 0.25) is 0 Å². The van der Waals surface area contributed by atoms with E-state index in [0.717, 1.165) is 30.7 Å². The Bertz CT molecular complexity index is 204. The highest BCUT2D eigenvalue weighted by Gasteiger charge is 2.28. The van der Waals surface area contributed by atoms with E-state index in [9.17, 15) is 0 Å². The normalized spacial score (nSPS) is 31.1. The molecule has 0 bridgehead atoms. The summed E-state index contributed by atoms with van der Waals surface area (Å²) in [6.07, 6.45) is 13.3. The minimum absolute atomic E-state index is 0.771. The van der Waals surface area contributed by atoms with Crippen LogP contribution in [-0.2, 0) is 0 Å². The van der Waals surface area contributed by atoms with Crippen molar-refractivity contribution in [3.8, 4) is 12.3 Å². The minimum atomic E-state index is 0.771. The van der Waals surface area contributed by atoms with Crippen molar-refractivity contribution in [2.24, 2.45) is 17.8 Å². The molecule has 1 saturated carbocycles. The first-order chi connectivity index (χ1) is 7.31. The number of hydrogen-bond acceptors (Lipinski definition) is 1. The van der Waals surface area contributed by atoms with Crippen LogP contribution in [0.5, 0.6) is 0 Å². The topological polar surface area (TPSA) is 12.0 Å². The number of nitrogens with one attached hydrogen (secondary N) is 1. The minimum Gasteiger partial charge on any atom is -0.319 e. The number of terminal acetylenes is 1. The van der Waals surface area contributed by atoms with Gasteiger partial charge in [0, 0.05) is 6.42 Å². The molecule has 0 aromatic rings. The van der Waals surface area contributed by atoms with Gasteiger partial charge in [-0.1, -0.05) is 26.2 Å². The van der Waals surface area contributed by atoms with Gasteiger partial charge in [0.25, 0.3) is 0 Å². The van der Waals surface area contributed by atoms with E-state index in [-0.39, 0.29) is 0 Å². The van der Waals surface area contributed by atoms with Crippen molar-refractivity contribution in [3.05, 3.63) is 0 Å². The Morgan fingerprint density at radius 1 is 1.33 bits per heavy atom. The van der Waals surface area contributed by atoms with Gasteiger partial charge >= 0.3 is 0 Å². The third-order valence-electron chi connectivity index (χ3n) is 3.79. The first-order valence-corrected chi connectivity index (χ1v) is 6.39. The Balaban J connectivity index is 2.45. The summed E-state index contributed by atoms with van der Waals surface area (Å²) in [6.45, 7) is 3.43. The van der Waals surface area contributed by atoms with Crippen LogP contribution in [0, 0.1) is 30.1 Å². The van der Waals surface area contributed by atoms with Gasteiger partial charge in [0.15, 0.2) is 0 Å². The molecule has 3 atom stereocenters. The van der Waals surface area contributed by atoms with Crippen LogP contribution in [0.15, 0.2) is 0 Å². The van der Waals surface area contributed by atoms with Gasteiger partial charge in [0.1, 0.15) is 0 Å². The smallest absolute Gasteiger partial charge is 0.0118 e. The van der Waals surface area contributed by atoms with Crippen molar-refractivity contribution in [1.29, 1.82) is 0 Å². The Morgan fingerprint density at radius 2 is 2.13 bits per heavy atom. The first-order valence-electron chi connectivity index (χ1n) is 6.39. The zero-order chi connectivity index (χ0) is 11.1. The SMILES string of the molecule is C#CCC1CC(CCC)CCC1CNC. The molecule has 0 heterocycles. The summed E-state index contributed by atoms with van der Waals surface area (Å²) in [5, 5.41) is 3.30. The van der Waals surface area contributed by atoms with Crippen LogP contribution in [0.25, 0.3) is 0 Å². The lowest BCUT2D eigenvalue weighted by molar-refractivity contribution is 0.173. The summed E-state index contributed by atoms with van der Waals surface area (Å²) in [5.74, 6) is 5.40. The van der Waals surface area contributed by atoms with Crippen LogP contribution in [-0.4, -0.2) is 13.6 Å². The molecule has 0 saturated heterocycles. The quantitative estimate of drug-likeness (QED) is 0.683. The zero-order valence-corrected chi connectivity index (χ0v) is 10.3. The second-order valence-corrected chi connectivity index (χ2v) is 4.95. The fourth-order valence-electron chi connectivity index (χ4n) is 3.03. The molecule has 0 radical (unpaired) electrons. The molecular formula is C14H25N. The Hall–Kier alpha value is -0.480. The molecule has 15 heavy (non-hydrogen) atoms. The van der Waals surface area contributed by atoms with E-state index in [0.29, 0.717) is 0 Å². The summed E-state index contributed by atoms with van der Waals surface area (Å²) in [4.78, 5) is 0. The van der Waals surface area contributed by atoms with Crippen LogP contribution < -0.4 is 5.32 Å². The maximum Gasteiger partial charge on any atom is 0.0118 e. The fraction of sp³-hybridized carbons (Fsp3) is 0.857. The predicted molar refractivity (Wildman–Crippen MR) is 66.6 cm³/mol. The molecule has 1 heteroatoms. The van der Waals surface area contributed by atoms with E-state index >= 15 is 0 Å². The lowest BCUT2D eigenvalue weighted by atomic mass is 9.71. The molecule has 86 valence electrons. The average molecular weight is 207 g/mol. The molecule has 1 nitrogen and oxygen atoms in total. The Kier molecular flexibility index (Phi) is 5.79.